The van der Waals surface area contributed by atoms with Gasteiger partial charge in [-0.05, 0) is 59.5 Å². The summed E-state index contributed by atoms with van der Waals surface area (Å²) < 4.78 is 1.74. The van der Waals surface area contributed by atoms with Gasteiger partial charge in [-0.3, -0.25) is 14.4 Å². The summed E-state index contributed by atoms with van der Waals surface area (Å²) in [6.45, 7) is 10.5. The summed E-state index contributed by atoms with van der Waals surface area (Å²) in [5, 5.41) is 23.3. The second kappa shape index (κ2) is 10.9. The fourth-order valence-corrected chi connectivity index (χ4v) is 9.07. The van der Waals surface area contributed by atoms with Crippen LogP contribution in [-0.2, 0) is 20.9 Å². The van der Waals surface area contributed by atoms with Crippen LogP contribution in [0.4, 0.5) is 5.82 Å². The molecule has 11 nitrogen and oxygen atoms in total. The Labute approximate surface area is 278 Å². The van der Waals surface area contributed by atoms with Gasteiger partial charge in [0.1, 0.15) is 57.3 Å². The number of aromatic nitrogens is 1. The number of piperazine rings is 3. The van der Waals surface area contributed by atoms with E-state index < -0.39 is 24.0 Å². The van der Waals surface area contributed by atoms with E-state index in [1.807, 2.05) is 37.3 Å². The summed E-state index contributed by atoms with van der Waals surface area (Å²) in [6, 6.07) is 16.7. The number of aliphatic hydroxyl groups is 1. The number of benzene rings is 2. The molecule has 3 N–H and O–H groups in total. The number of carbonyl (C=O) groups excluding carboxylic acids is 3. The Hall–Kier alpha value is -4.71. The van der Waals surface area contributed by atoms with E-state index in [4.69, 9.17) is 0 Å². The third-order valence-corrected chi connectivity index (χ3v) is 11.6. The van der Waals surface area contributed by atoms with Gasteiger partial charge >= 0.3 is 5.97 Å². The number of aliphatic carboxylic acids is 1. The molecule has 0 radical (unpaired) electrons. The molecule has 0 unspecified atom stereocenters. The molecule has 4 atom stereocenters. The predicted octanol–water partition coefficient (Wildman–Crippen LogP) is 2.75. The number of nitrogens with zero attached hydrogens (tertiary/aromatic N) is 4. The van der Waals surface area contributed by atoms with Gasteiger partial charge in [-0.25, -0.2) is 9.78 Å². The van der Waals surface area contributed by atoms with Crippen molar-refractivity contribution in [3.8, 4) is 11.1 Å². The number of hydrogen-bond acceptors (Lipinski definition) is 6. The van der Waals surface area contributed by atoms with Crippen LogP contribution in [0.2, 0.25) is 0 Å². The van der Waals surface area contributed by atoms with Gasteiger partial charge in [0.15, 0.2) is 12.3 Å². The second-order valence-corrected chi connectivity index (χ2v) is 14.4. The molecule has 3 aromatic rings. The van der Waals surface area contributed by atoms with Gasteiger partial charge in [0.25, 0.3) is 5.91 Å². The molecule has 2 amide bonds. The first-order valence-electron chi connectivity index (χ1n) is 16.7. The van der Waals surface area contributed by atoms with E-state index in [-0.39, 0.29) is 29.2 Å². The lowest BCUT2D eigenvalue weighted by Crippen LogP contribution is -2.75. The Morgan fingerprint density at radius 1 is 0.938 bits per heavy atom. The standard InChI is InChI=1S/C37H37N5O6/c1-21-31(34(37(47)48)40-33(21)32(22(2)43)36(40)46)24-7-9-26-27(18-24)25-8-6-23(17-28(25)35(26)45)19-41-11-14-42(15-12-41,16-13-41)20-30(44)39-29-5-3-4-10-38-29/h3-10,17-18,21-22,32-33,43H,11-16,19-20H2,1-2H3/p+2/t21-,22+,32+,33+,41?,42?/m0/s1. The molecule has 5 aliphatic heterocycles. The Morgan fingerprint density at radius 3 is 2.31 bits per heavy atom. The number of anilines is 1. The number of quaternary nitrogens is 2. The third-order valence-electron chi connectivity index (χ3n) is 11.6. The Bertz CT molecular complexity index is 1910. The molecule has 1 aromatic heterocycles. The highest BCUT2D eigenvalue weighted by Crippen LogP contribution is 2.51. The minimum Gasteiger partial charge on any atom is -0.477 e. The molecule has 1 aliphatic carbocycles. The lowest BCUT2D eigenvalue weighted by molar-refractivity contribution is -1.08. The number of fused-ring (bicyclic) bond motifs is 7. The molecule has 4 saturated heterocycles. The number of pyridine rings is 1. The molecule has 6 aliphatic rings. The van der Waals surface area contributed by atoms with Crippen LogP contribution < -0.4 is 5.32 Å². The van der Waals surface area contributed by atoms with E-state index >= 15 is 0 Å². The van der Waals surface area contributed by atoms with Crippen LogP contribution in [0, 0.1) is 11.8 Å². The zero-order valence-electron chi connectivity index (χ0n) is 27.1. The van der Waals surface area contributed by atoms with Gasteiger partial charge in [-0.2, -0.15) is 0 Å². The van der Waals surface area contributed by atoms with E-state index in [0.717, 1.165) is 71.5 Å². The van der Waals surface area contributed by atoms with Gasteiger partial charge in [-0.15, -0.1) is 0 Å². The molecular formula is C37H39N5O6+2. The maximum absolute atomic E-state index is 13.7. The zero-order chi connectivity index (χ0) is 33.5. The highest BCUT2D eigenvalue weighted by molar-refractivity contribution is 6.22. The minimum absolute atomic E-state index is 0.00405. The van der Waals surface area contributed by atoms with Crippen molar-refractivity contribution >= 4 is 35.0 Å². The van der Waals surface area contributed by atoms with E-state index in [1.54, 1.807) is 31.3 Å². The molecule has 48 heavy (non-hydrogen) atoms. The van der Waals surface area contributed by atoms with Crippen molar-refractivity contribution in [2.24, 2.45) is 11.8 Å². The maximum atomic E-state index is 13.7. The van der Waals surface area contributed by atoms with Gasteiger partial charge in [0.2, 0.25) is 5.91 Å². The lowest BCUT2D eigenvalue weighted by atomic mass is 9.76. The molecule has 4 fully saturated rings. The fourth-order valence-electron chi connectivity index (χ4n) is 9.07. The maximum Gasteiger partial charge on any atom is 0.352 e. The number of nitrogens with one attached hydrogen (secondary N) is 1. The summed E-state index contributed by atoms with van der Waals surface area (Å²) in [6.07, 6.45) is 0.796. The van der Waals surface area contributed by atoms with Crippen molar-refractivity contribution < 1.29 is 38.4 Å². The number of ketones is 1. The number of carboxylic acids is 1. The van der Waals surface area contributed by atoms with Crippen LogP contribution in [0.15, 0.2) is 66.5 Å². The first-order chi connectivity index (χ1) is 23.0. The first kappa shape index (κ1) is 30.6. The van der Waals surface area contributed by atoms with Gasteiger partial charge in [0, 0.05) is 28.8 Å². The quantitative estimate of drug-likeness (QED) is 0.197. The fraction of sp³-hybridized carbons (Fsp3) is 0.378. The lowest BCUT2D eigenvalue weighted by Gasteiger charge is -2.55. The van der Waals surface area contributed by atoms with Gasteiger partial charge in [0.05, 0.1) is 18.1 Å². The molecular weight excluding hydrogens is 610 g/mol. The SMILES string of the molecule is C[C@@H](O)[C@H]1C(=O)N2C(C(=O)O)=C(c3ccc4c(c3)-c3ccc(C[N+]56CC[N+](CC(=O)Nc7ccccn7)(CC5)CC6)cc3C4=O)[C@H](C)[C@H]12. The number of carbonyl (C=O) groups is 4. The smallest absolute Gasteiger partial charge is 0.352 e. The average molecular weight is 650 g/mol. The molecule has 246 valence electrons. The van der Waals surface area contributed by atoms with Crippen LogP contribution in [0.25, 0.3) is 16.7 Å². The minimum atomic E-state index is -1.18. The number of amides is 2. The molecule has 6 heterocycles. The van der Waals surface area contributed by atoms with Crippen LogP contribution in [0.3, 0.4) is 0 Å². The van der Waals surface area contributed by atoms with Gasteiger partial charge < -0.3 is 29.4 Å². The highest BCUT2D eigenvalue weighted by Gasteiger charge is 2.60. The molecule has 9 rings (SSSR count). The molecule has 0 spiro atoms. The van der Waals surface area contributed by atoms with Crippen molar-refractivity contribution in [3.63, 3.8) is 0 Å². The summed E-state index contributed by atoms with van der Waals surface area (Å²) >= 11 is 0. The zero-order valence-corrected chi connectivity index (χ0v) is 27.1. The van der Waals surface area contributed by atoms with E-state index in [1.165, 1.54) is 4.90 Å². The Balaban J connectivity index is 1.00. The van der Waals surface area contributed by atoms with Crippen LogP contribution >= 0.6 is 0 Å². The summed E-state index contributed by atoms with van der Waals surface area (Å²) in [5.41, 5.74) is 5.14. The van der Waals surface area contributed by atoms with E-state index in [2.05, 4.69) is 16.4 Å². The second-order valence-electron chi connectivity index (χ2n) is 14.4. The summed E-state index contributed by atoms with van der Waals surface area (Å²) in [4.78, 5) is 57.3. The number of carboxylic acid groups (broad SMARTS) is 1. The monoisotopic (exact) mass is 649 g/mol. The van der Waals surface area contributed by atoms with E-state index in [0.29, 0.717) is 34.6 Å². The Kier molecular flexibility index (Phi) is 6.96. The summed E-state index contributed by atoms with van der Waals surface area (Å²) in [7, 11) is 0. The third kappa shape index (κ3) is 4.63. The number of β-lactam (4-membered cyclic amide) rings is 1. The predicted molar refractivity (Wildman–Crippen MR) is 176 cm³/mol. The van der Waals surface area contributed by atoms with Crippen LogP contribution in [0.1, 0.15) is 40.9 Å². The Morgan fingerprint density at radius 2 is 1.65 bits per heavy atom. The van der Waals surface area contributed by atoms with E-state index in [9.17, 15) is 29.4 Å². The number of hydrogen-bond donors (Lipinski definition) is 3. The normalized spacial score (nSPS) is 28.9. The first-order valence-corrected chi connectivity index (χ1v) is 16.7. The van der Waals surface area contributed by atoms with Crippen molar-refractivity contribution in [1.29, 1.82) is 0 Å². The largest absolute Gasteiger partial charge is 0.477 e. The highest BCUT2D eigenvalue weighted by atomic mass is 16.4. The number of aliphatic hydroxyl groups excluding tert-OH is 1. The number of rotatable bonds is 8. The molecule has 2 aromatic carbocycles. The molecule has 11 heteroatoms. The van der Waals surface area contributed by atoms with Crippen molar-refractivity contribution in [3.05, 3.63) is 88.7 Å². The topological polar surface area (TPSA) is 137 Å². The average Bonchev–Trinajstić information content (AvgIpc) is 3.49. The van der Waals surface area contributed by atoms with Crippen molar-refractivity contribution in [2.45, 2.75) is 32.5 Å². The van der Waals surface area contributed by atoms with Crippen LogP contribution in [-0.4, -0.2) is 111 Å². The van der Waals surface area contributed by atoms with Crippen molar-refractivity contribution in [1.82, 2.24) is 9.88 Å². The molecule has 2 bridgehead atoms. The van der Waals surface area contributed by atoms with Crippen LogP contribution in [0.5, 0.6) is 0 Å². The van der Waals surface area contributed by atoms with Crippen molar-refractivity contribution in [2.75, 3.05) is 51.1 Å². The molecule has 0 saturated carbocycles. The summed E-state index contributed by atoms with van der Waals surface area (Å²) in [5.74, 6) is -1.94. The van der Waals surface area contributed by atoms with Gasteiger partial charge in [-0.1, -0.05) is 31.2 Å².